The molecule has 3 atom stereocenters. The summed E-state index contributed by atoms with van der Waals surface area (Å²) in [6, 6.07) is 0.236. The van der Waals surface area contributed by atoms with Crippen LogP contribution in [0.25, 0.3) is 0 Å². The van der Waals surface area contributed by atoms with Crippen LogP contribution in [0.5, 0.6) is 0 Å². The van der Waals surface area contributed by atoms with E-state index in [0.29, 0.717) is 24.3 Å². The number of piperidine rings is 1. The third-order valence-corrected chi connectivity index (χ3v) is 8.11. The van der Waals surface area contributed by atoms with E-state index < -0.39 is 0 Å². The second kappa shape index (κ2) is 6.64. The Balaban J connectivity index is 1.23. The molecule has 2 saturated heterocycles. The Morgan fingerprint density at radius 2 is 1.59 bits per heavy atom. The van der Waals surface area contributed by atoms with E-state index in [9.17, 15) is 14.7 Å². The lowest BCUT2D eigenvalue weighted by molar-refractivity contribution is -0.163. The van der Waals surface area contributed by atoms with Gasteiger partial charge in [-0.15, -0.1) is 0 Å². The molecule has 0 aromatic carbocycles. The number of carbonyl (C=O) groups excluding carboxylic acids is 2. The van der Waals surface area contributed by atoms with Crippen LogP contribution in [0.2, 0.25) is 0 Å². The Hall–Kier alpha value is -1.30. The molecule has 150 valence electrons. The van der Waals surface area contributed by atoms with Gasteiger partial charge in [-0.3, -0.25) is 4.79 Å². The summed E-state index contributed by atoms with van der Waals surface area (Å²) in [5.74, 6) is 1.47. The number of likely N-dealkylation sites (tertiary alicyclic amines) is 2. The van der Waals surface area contributed by atoms with Crippen molar-refractivity contribution in [1.29, 1.82) is 0 Å². The lowest BCUT2D eigenvalue weighted by Crippen LogP contribution is -2.61. The number of hydrogen-bond donors (Lipinski definition) is 2. The molecule has 6 heteroatoms. The lowest BCUT2D eigenvalue weighted by atomic mass is 9.48. The molecular weight excluding hydrogens is 342 g/mol. The van der Waals surface area contributed by atoms with Crippen molar-refractivity contribution in [3.8, 4) is 0 Å². The number of urea groups is 1. The minimum atomic E-state index is -0.253. The molecule has 6 nitrogen and oxygen atoms in total. The fourth-order valence-electron chi connectivity index (χ4n) is 6.99. The largest absolute Gasteiger partial charge is 0.393 e. The third kappa shape index (κ3) is 3.04. The Morgan fingerprint density at radius 3 is 2.30 bits per heavy atom. The quantitative estimate of drug-likeness (QED) is 0.775. The third-order valence-electron chi connectivity index (χ3n) is 8.11. The minimum Gasteiger partial charge on any atom is -0.393 e. The first-order valence-corrected chi connectivity index (χ1v) is 11.1. The SMILES string of the molecule is O=C(N1CCCC1)N1CCC[C@H](NC(=O)C23CC4CC(C2)C(O)C(C4)C3)C1. The zero-order valence-electron chi connectivity index (χ0n) is 16.2. The van der Waals surface area contributed by atoms with Crippen LogP contribution in [0.1, 0.15) is 57.8 Å². The number of amides is 3. The van der Waals surface area contributed by atoms with Gasteiger partial charge in [0.1, 0.15) is 0 Å². The standard InChI is InChI=1S/C21H33N3O3/c25-18-15-8-14-9-16(18)12-21(10-14,11-15)19(26)22-17-4-3-7-24(13-17)20(27)23-5-1-2-6-23/h14-18,25H,1-13H2,(H,22,26)/t14?,15?,16?,17-,18?,21?/m0/s1. The van der Waals surface area contributed by atoms with E-state index >= 15 is 0 Å². The van der Waals surface area contributed by atoms with E-state index in [1.54, 1.807) is 0 Å². The van der Waals surface area contributed by atoms with E-state index in [1.807, 2.05) is 9.80 Å². The van der Waals surface area contributed by atoms with Crippen molar-refractivity contribution in [2.75, 3.05) is 26.2 Å². The Kier molecular flexibility index (Phi) is 4.37. The van der Waals surface area contributed by atoms with Gasteiger partial charge >= 0.3 is 6.03 Å². The maximum atomic E-state index is 13.3. The van der Waals surface area contributed by atoms with Crippen LogP contribution in [-0.2, 0) is 4.79 Å². The fraction of sp³-hybridized carbons (Fsp3) is 0.905. The number of nitrogens with one attached hydrogen (secondary N) is 1. The predicted molar refractivity (Wildman–Crippen MR) is 101 cm³/mol. The van der Waals surface area contributed by atoms with Gasteiger partial charge in [-0.1, -0.05) is 0 Å². The molecule has 27 heavy (non-hydrogen) atoms. The highest BCUT2D eigenvalue weighted by Crippen LogP contribution is 2.60. The second-order valence-corrected chi connectivity index (χ2v) is 9.98. The second-order valence-electron chi connectivity index (χ2n) is 9.98. The van der Waals surface area contributed by atoms with Crippen LogP contribution >= 0.6 is 0 Å². The number of aliphatic hydroxyl groups excluding tert-OH is 1. The topological polar surface area (TPSA) is 72.9 Å². The maximum absolute atomic E-state index is 13.3. The van der Waals surface area contributed by atoms with Gasteiger partial charge in [0.2, 0.25) is 5.91 Å². The molecular formula is C21H33N3O3. The molecule has 4 aliphatic carbocycles. The molecule has 0 spiro atoms. The van der Waals surface area contributed by atoms with E-state index in [4.69, 9.17) is 0 Å². The summed E-state index contributed by atoms with van der Waals surface area (Å²) in [6.45, 7) is 3.21. The highest BCUT2D eigenvalue weighted by Gasteiger charge is 2.58. The summed E-state index contributed by atoms with van der Waals surface area (Å²) in [5, 5.41) is 13.8. The summed E-state index contributed by atoms with van der Waals surface area (Å²) in [5.41, 5.74) is -0.253. The van der Waals surface area contributed by atoms with Crippen LogP contribution in [0.3, 0.4) is 0 Å². The van der Waals surface area contributed by atoms with Crippen LogP contribution in [0, 0.1) is 23.2 Å². The molecule has 6 fully saturated rings. The molecule has 4 saturated carbocycles. The van der Waals surface area contributed by atoms with E-state index in [-0.39, 0.29) is 29.5 Å². The monoisotopic (exact) mass is 375 g/mol. The maximum Gasteiger partial charge on any atom is 0.320 e. The molecule has 3 amide bonds. The number of aliphatic hydroxyl groups is 1. The van der Waals surface area contributed by atoms with Crippen molar-refractivity contribution in [3.63, 3.8) is 0 Å². The van der Waals surface area contributed by atoms with Crippen molar-refractivity contribution in [2.45, 2.75) is 69.9 Å². The number of hydrogen-bond acceptors (Lipinski definition) is 3. The van der Waals surface area contributed by atoms with Gasteiger partial charge in [0.25, 0.3) is 0 Å². The van der Waals surface area contributed by atoms with Crippen LogP contribution in [-0.4, -0.2) is 65.2 Å². The number of nitrogens with zero attached hydrogens (tertiary/aromatic N) is 2. The van der Waals surface area contributed by atoms with Crippen LogP contribution in [0.15, 0.2) is 0 Å². The summed E-state index contributed by atoms with van der Waals surface area (Å²) in [7, 11) is 0. The van der Waals surface area contributed by atoms with Gasteiger partial charge in [-0.05, 0) is 75.5 Å². The Labute approximate surface area is 161 Å². The molecule has 4 bridgehead atoms. The molecule has 0 radical (unpaired) electrons. The van der Waals surface area contributed by atoms with Crippen LogP contribution in [0.4, 0.5) is 4.79 Å². The van der Waals surface area contributed by atoms with Gasteiger partial charge in [0.05, 0.1) is 11.5 Å². The zero-order valence-corrected chi connectivity index (χ0v) is 16.2. The highest BCUT2D eigenvalue weighted by molar-refractivity contribution is 5.83. The molecule has 2 N–H and O–H groups in total. The average Bonchev–Trinajstić information content (AvgIpc) is 3.19. The number of rotatable bonds is 2. The highest BCUT2D eigenvalue weighted by atomic mass is 16.3. The first-order chi connectivity index (χ1) is 13.0. The smallest absolute Gasteiger partial charge is 0.320 e. The zero-order chi connectivity index (χ0) is 18.6. The molecule has 0 aromatic rings. The van der Waals surface area contributed by atoms with Crippen molar-refractivity contribution in [1.82, 2.24) is 15.1 Å². The van der Waals surface area contributed by atoms with Crippen LogP contribution < -0.4 is 5.32 Å². The first-order valence-electron chi connectivity index (χ1n) is 11.1. The lowest BCUT2D eigenvalue weighted by Gasteiger charge is -2.58. The first kappa shape index (κ1) is 17.8. The normalized spacial score (nSPS) is 43.2. The molecule has 2 unspecified atom stereocenters. The predicted octanol–water partition coefficient (Wildman–Crippen LogP) is 1.97. The van der Waals surface area contributed by atoms with Gasteiger partial charge in [0.15, 0.2) is 0 Å². The molecule has 6 aliphatic rings. The summed E-state index contributed by atoms with van der Waals surface area (Å²) in [6.07, 6.45) is 8.88. The molecule has 2 heterocycles. The van der Waals surface area contributed by atoms with Crippen molar-refractivity contribution in [3.05, 3.63) is 0 Å². The fourth-order valence-corrected chi connectivity index (χ4v) is 6.99. The van der Waals surface area contributed by atoms with Gasteiger partial charge in [0, 0.05) is 32.2 Å². The van der Waals surface area contributed by atoms with Crippen molar-refractivity contribution in [2.24, 2.45) is 23.2 Å². The van der Waals surface area contributed by atoms with E-state index in [0.717, 1.165) is 77.4 Å². The van der Waals surface area contributed by atoms with E-state index in [2.05, 4.69) is 5.32 Å². The Bertz CT molecular complexity index is 602. The van der Waals surface area contributed by atoms with Crippen molar-refractivity contribution >= 4 is 11.9 Å². The van der Waals surface area contributed by atoms with Gasteiger partial charge in [-0.25, -0.2) is 4.79 Å². The minimum absolute atomic E-state index is 0.0794. The molecule has 0 aromatic heterocycles. The Morgan fingerprint density at radius 1 is 0.926 bits per heavy atom. The van der Waals surface area contributed by atoms with Gasteiger partial charge in [-0.2, -0.15) is 0 Å². The van der Waals surface area contributed by atoms with E-state index in [1.165, 1.54) is 0 Å². The van der Waals surface area contributed by atoms with Crippen molar-refractivity contribution < 1.29 is 14.7 Å². The van der Waals surface area contributed by atoms with Gasteiger partial charge < -0.3 is 20.2 Å². The average molecular weight is 376 g/mol. The summed E-state index contributed by atoms with van der Waals surface area (Å²) >= 11 is 0. The molecule has 2 aliphatic heterocycles. The summed E-state index contributed by atoms with van der Waals surface area (Å²) in [4.78, 5) is 29.9. The summed E-state index contributed by atoms with van der Waals surface area (Å²) < 4.78 is 0. The molecule has 6 rings (SSSR count). The number of carbonyl (C=O) groups is 2.